The molecule has 0 spiro atoms. The summed E-state index contributed by atoms with van der Waals surface area (Å²) >= 11 is 0. The van der Waals surface area contributed by atoms with Gasteiger partial charge < -0.3 is 19.5 Å². The Hall–Kier alpha value is -2.69. The zero-order chi connectivity index (χ0) is 19.1. The summed E-state index contributed by atoms with van der Waals surface area (Å²) in [4.78, 5) is 12.0. The van der Waals surface area contributed by atoms with Crippen molar-refractivity contribution in [2.45, 2.75) is 32.1 Å². The molecule has 5 heteroatoms. The summed E-state index contributed by atoms with van der Waals surface area (Å²) in [6.45, 7) is 0.576. The van der Waals surface area contributed by atoms with Gasteiger partial charge in [-0.1, -0.05) is 12.1 Å². The van der Waals surface area contributed by atoms with Gasteiger partial charge in [0.1, 0.15) is 5.75 Å². The largest absolute Gasteiger partial charge is 0.493 e. The molecule has 0 aliphatic heterocycles. The molecule has 144 valence electrons. The Morgan fingerprint density at radius 2 is 1.74 bits per heavy atom. The molecule has 27 heavy (non-hydrogen) atoms. The second-order valence-corrected chi connectivity index (χ2v) is 6.72. The van der Waals surface area contributed by atoms with Gasteiger partial charge >= 0.3 is 0 Å². The van der Waals surface area contributed by atoms with Crippen molar-refractivity contribution in [1.29, 1.82) is 0 Å². The average molecular weight is 369 g/mol. The lowest BCUT2D eigenvalue weighted by molar-refractivity contribution is -0.123. The zero-order valence-electron chi connectivity index (χ0n) is 16.0. The van der Waals surface area contributed by atoms with E-state index in [9.17, 15) is 4.79 Å². The van der Waals surface area contributed by atoms with Gasteiger partial charge in [0.05, 0.1) is 14.2 Å². The Balaban J connectivity index is 1.43. The highest BCUT2D eigenvalue weighted by atomic mass is 16.5. The van der Waals surface area contributed by atoms with Crippen molar-refractivity contribution < 1.29 is 19.0 Å². The van der Waals surface area contributed by atoms with Crippen LogP contribution in [0.5, 0.6) is 17.2 Å². The predicted molar refractivity (Wildman–Crippen MR) is 105 cm³/mol. The maximum Gasteiger partial charge on any atom is 0.257 e. The van der Waals surface area contributed by atoms with Gasteiger partial charge in [-0.05, 0) is 73.1 Å². The molecule has 0 saturated heterocycles. The summed E-state index contributed by atoms with van der Waals surface area (Å²) in [5, 5.41) is 2.89. The quantitative estimate of drug-likeness (QED) is 0.776. The number of aryl methyl sites for hydroxylation is 2. The summed E-state index contributed by atoms with van der Waals surface area (Å²) in [7, 11) is 3.22. The van der Waals surface area contributed by atoms with Gasteiger partial charge in [0, 0.05) is 6.54 Å². The van der Waals surface area contributed by atoms with Crippen molar-refractivity contribution in [3.05, 3.63) is 53.1 Å². The highest BCUT2D eigenvalue weighted by Crippen LogP contribution is 2.27. The fourth-order valence-corrected chi connectivity index (χ4v) is 3.38. The normalized spacial score (nSPS) is 12.8. The number of nitrogens with one attached hydrogen (secondary N) is 1. The monoisotopic (exact) mass is 369 g/mol. The van der Waals surface area contributed by atoms with E-state index in [1.54, 1.807) is 14.2 Å². The van der Waals surface area contributed by atoms with Crippen LogP contribution in [0.3, 0.4) is 0 Å². The maximum absolute atomic E-state index is 12.0. The maximum atomic E-state index is 12.0. The molecule has 0 fully saturated rings. The highest BCUT2D eigenvalue weighted by molar-refractivity contribution is 5.77. The van der Waals surface area contributed by atoms with E-state index in [0.29, 0.717) is 24.5 Å². The Morgan fingerprint density at radius 3 is 2.52 bits per heavy atom. The molecule has 1 N–H and O–H groups in total. The molecule has 0 aromatic heterocycles. The molecule has 1 amide bonds. The molecule has 0 bridgehead atoms. The van der Waals surface area contributed by atoms with Crippen LogP contribution in [0.1, 0.15) is 29.5 Å². The van der Waals surface area contributed by atoms with E-state index in [1.807, 2.05) is 24.3 Å². The predicted octanol–water partition coefficient (Wildman–Crippen LogP) is 3.32. The van der Waals surface area contributed by atoms with Crippen LogP contribution in [0.25, 0.3) is 0 Å². The van der Waals surface area contributed by atoms with E-state index in [1.165, 1.54) is 24.0 Å². The molecule has 5 nitrogen and oxygen atoms in total. The number of amides is 1. The second-order valence-electron chi connectivity index (χ2n) is 6.72. The molecule has 0 atom stereocenters. The number of ether oxygens (including phenoxy) is 3. The van der Waals surface area contributed by atoms with Crippen LogP contribution < -0.4 is 19.5 Å². The molecule has 0 unspecified atom stereocenters. The number of methoxy groups -OCH3 is 2. The third-order valence-electron chi connectivity index (χ3n) is 4.87. The van der Waals surface area contributed by atoms with Crippen molar-refractivity contribution >= 4 is 5.91 Å². The smallest absolute Gasteiger partial charge is 0.257 e. The number of hydrogen-bond acceptors (Lipinski definition) is 4. The van der Waals surface area contributed by atoms with Crippen LogP contribution in [0, 0.1) is 0 Å². The van der Waals surface area contributed by atoms with Gasteiger partial charge in [-0.3, -0.25) is 4.79 Å². The van der Waals surface area contributed by atoms with E-state index in [2.05, 4.69) is 17.4 Å². The van der Waals surface area contributed by atoms with Crippen LogP contribution in [-0.4, -0.2) is 33.3 Å². The number of carbonyl (C=O) groups is 1. The summed E-state index contributed by atoms with van der Waals surface area (Å²) in [6, 6.07) is 11.9. The number of carbonyl (C=O) groups excluding carboxylic acids is 1. The third kappa shape index (κ3) is 5.16. The third-order valence-corrected chi connectivity index (χ3v) is 4.87. The van der Waals surface area contributed by atoms with Crippen molar-refractivity contribution in [1.82, 2.24) is 5.32 Å². The van der Waals surface area contributed by atoms with Crippen molar-refractivity contribution in [3.63, 3.8) is 0 Å². The average Bonchev–Trinajstić information content (AvgIpc) is 2.72. The lowest BCUT2D eigenvalue weighted by Crippen LogP contribution is -2.30. The van der Waals surface area contributed by atoms with Gasteiger partial charge in [0.15, 0.2) is 18.1 Å². The standard InChI is InChI=1S/C22H27NO4/c1-25-20-10-7-16(13-21(20)26-2)11-12-23-22(24)15-27-19-9-8-17-5-3-4-6-18(17)14-19/h7-10,13-14H,3-6,11-12,15H2,1-2H3,(H,23,24). The van der Waals surface area contributed by atoms with E-state index >= 15 is 0 Å². The van der Waals surface area contributed by atoms with Crippen molar-refractivity contribution in [2.75, 3.05) is 27.4 Å². The lowest BCUT2D eigenvalue weighted by atomic mass is 9.92. The van der Waals surface area contributed by atoms with Crippen molar-refractivity contribution in [2.24, 2.45) is 0 Å². The first kappa shape index (κ1) is 19.1. The zero-order valence-corrected chi connectivity index (χ0v) is 16.0. The topological polar surface area (TPSA) is 56.8 Å². The first-order valence-corrected chi connectivity index (χ1v) is 9.42. The molecule has 0 radical (unpaired) electrons. The number of hydrogen-bond donors (Lipinski definition) is 1. The molecule has 3 rings (SSSR count). The molecule has 0 saturated carbocycles. The minimum absolute atomic E-state index is 0.0325. The molecule has 2 aromatic rings. The van der Waals surface area contributed by atoms with Crippen LogP contribution in [0.4, 0.5) is 0 Å². The van der Waals surface area contributed by atoms with Gasteiger partial charge in [0.25, 0.3) is 5.91 Å². The summed E-state index contributed by atoms with van der Waals surface area (Å²) in [5.74, 6) is 2.04. The number of fused-ring (bicyclic) bond motifs is 1. The van der Waals surface area contributed by atoms with Gasteiger partial charge in [-0.25, -0.2) is 0 Å². The fraction of sp³-hybridized carbons (Fsp3) is 0.409. The van der Waals surface area contributed by atoms with Gasteiger partial charge in [-0.2, -0.15) is 0 Å². The van der Waals surface area contributed by atoms with Gasteiger partial charge in [-0.15, -0.1) is 0 Å². The molecular formula is C22H27NO4. The number of rotatable bonds is 8. The summed E-state index contributed by atoms with van der Waals surface area (Å²) in [5.41, 5.74) is 3.84. The van der Waals surface area contributed by atoms with Crippen LogP contribution in [0.15, 0.2) is 36.4 Å². The summed E-state index contributed by atoms with van der Waals surface area (Å²) in [6.07, 6.45) is 5.45. The Bertz CT molecular complexity index is 788. The van der Waals surface area contributed by atoms with E-state index < -0.39 is 0 Å². The fourth-order valence-electron chi connectivity index (χ4n) is 3.38. The Kier molecular flexibility index (Phi) is 6.58. The Morgan fingerprint density at radius 1 is 0.963 bits per heavy atom. The first-order valence-electron chi connectivity index (χ1n) is 9.42. The lowest BCUT2D eigenvalue weighted by Gasteiger charge is -2.16. The molecule has 2 aromatic carbocycles. The molecule has 0 heterocycles. The number of benzene rings is 2. The SMILES string of the molecule is COc1ccc(CCNC(=O)COc2ccc3c(c2)CCCC3)cc1OC. The second kappa shape index (κ2) is 9.31. The minimum Gasteiger partial charge on any atom is -0.493 e. The summed E-state index contributed by atoms with van der Waals surface area (Å²) < 4.78 is 16.2. The van der Waals surface area contributed by atoms with Gasteiger partial charge in [0.2, 0.25) is 0 Å². The molecular weight excluding hydrogens is 342 g/mol. The van der Waals surface area contributed by atoms with Crippen LogP contribution in [-0.2, 0) is 24.1 Å². The van der Waals surface area contributed by atoms with Crippen LogP contribution in [0.2, 0.25) is 0 Å². The van der Waals surface area contributed by atoms with Crippen LogP contribution >= 0.6 is 0 Å². The Labute approximate surface area is 160 Å². The molecule has 1 aliphatic rings. The van der Waals surface area contributed by atoms with E-state index in [4.69, 9.17) is 14.2 Å². The first-order chi connectivity index (χ1) is 13.2. The molecule has 1 aliphatic carbocycles. The van der Waals surface area contributed by atoms with Crippen molar-refractivity contribution in [3.8, 4) is 17.2 Å². The van der Waals surface area contributed by atoms with E-state index in [0.717, 1.165) is 24.2 Å². The van der Waals surface area contributed by atoms with E-state index in [-0.39, 0.29) is 12.5 Å². The highest BCUT2D eigenvalue weighted by Gasteiger charge is 2.11. The minimum atomic E-state index is -0.117.